The third kappa shape index (κ3) is 4.65. The van der Waals surface area contributed by atoms with Crippen molar-refractivity contribution < 1.29 is 4.79 Å². The highest BCUT2D eigenvalue weighted by Crippen LogP contribution is 2.17. The van der Waals surface area contributed by atoms with Crippen LogP contribution >= 0.6 is 0 Å². The van der Waals surface area contributed by atoms with Crippen LogP contribution in [-0.4, -0.2) is 37.0 Å². The molecule has 1 fully saturated rings. The number of hydrogen-bond donors (Lipinski definition) is 2. The summed E-state index contributed by atoms with van der Waals surface area (Å²) >= 11 is 0. The quantitative estimate of drug-likeness (QED) is 0.830. The summed E-state index contributed by atoms with van der Waals surface area (Å²) in [7, 11) is 0. The zero-order valence-electron chi connectivity index (χ0n) is 11.3. The maximum absolute atomic E-state index is 11.2. The summed E-state index contributed by atoms with van der Waals surface area (Å²) in [5.74, 6) is 0.494. The fourth-order valence-corrected chi connectivity index (χ4v) is 2.63. The van der Waals surface area contributed by atoms with E-state index in [-0.39, 0.29) is 12.5 Å². The fourth-order valence-electron chi connectivity index (χ4n) is 2.63. The number of likely N-dealkylation sites (tertiary alicyclic amines) is 1. The van der Waals surface area contributed by atoms with E-state index in [1.54, 1.807) is 0 Å². The summed E-state index contributed by atoms with van der Waals surface area (Å²) < 4.78 is 0. The van der Waals surface area contributed by atoms with Crippen molar-refractivity contribution in [2.24, 2.45) is 11.7 Å². The maximum atomic E-state index is 11.2. The first-order valence-electron chi connectivity index (χ1n) is 7.01. The van der Waals surface area contributed by atoms with Crippen molar-refractivity contribution in [1.82, 2.24) is 10.2 Å². The molecule has 1 aliphatic heterocycles. The molecular weight excluding hydrogens is 238 g/mol. The highest BCUT2D eigenvalue weighted by molar-refractivity contribution is 5.77. The first-order valence-corrected chi connectivity index (χ1v) is 7.01. The van der Waals surface area contributed by atoms with E-state index in [9.17, 15) is 4.79 Å². The molecule has 0 unspecified atom stereocenters. The van der Waals surface area contributed by atoms with Gasteiger partial charge in [-0.2, -0.15) is 0 Å². The lowest BCUT2D eigenvalue weighted by atomic mass is 9.97. The maximum Gasteiger partial charge on any atom is 0.233 e. The van der Waals surface area contributed by atoms with Crippen molar-refractivity contribution in [2.45, 2.75) is 19.4 Å². The number of rotatable bonds is 5. The third-order valence-electron chi connectivity index (χ3n) is 3.63. The Labute approximate surface area is 115 Å². The molecule has 1 aromatic rings. The van der Waals surface area contributed by atoms with Crippen molar-refractivity contribution in [3.63, 3.8) is 0 Å². The van der Waals surface area contributed by atoms with Crippen LogP contribution in [0, 0.1) is 5.92 Å². The van der Waals surface area contributed by atoms with Crippen molar-refractivity contribution in [2.75, 3.05) is 26.2 Å². The van der Waals surface area contributed by atoms with Gasteiger partial charge in [0.1, 0.15) is 0 Å². The Morgan fingerprint density at radius 3 is 2.89 bits per heavy atom. The molecule has 0 saturated carbocycles. The van der Waals surface area contributed by atoms with E-state index in [1.165, 1.54) is 18.4 Å². The van der Waals surface area contributed by atoms with Gasteiger partial charge >= 0.3 is 0 Å². The van der Waals surface area contributed by atoms with Crippen LogP contribution in [0.3, 0.4) is 0 Å². The molecule has 1 atom stereocenters. The molecule has 0 bridgehead atoms. The monoisotopic (exact) mass is 261 g/mol. The molecule has 19 heavy (non-hydrogen) atoms. The van der Waals surface area contributed by atoms with E-state index in [0.717, 1.165) is 26.2 Å². The Hall–Kier alpha value is -1.39. The number of nitrogens with one attached hydrogen (secondary N) is 1. The largest absolute Gasteiger partial charge is 0.355 e. The number of amides is 1. The lowest BCUT2D eigenvalue weighted by Crippen LogP contribution is -2.41. The fraction of sp³-hybridized carbons (Fsp3) is 0.533. The summed E-state index contributed by atoms with van der Waals surface area (Å²) in [5, 5.41) is 2.90. The van der Waals surface area contributed by atoms with Crippen molar-refractivity contribution >= 4 is 5.91 Å². The van der Waals surface area contributed by atoms with Crippen molar-refractivity contribution in [1.29, 1.82) is 0 Å². The van der Waals surface area contributed by atoms with Gasteiger partial charge in [0.05, 0.1) is 6.54 Å². The molecule has 1 heterocycles. The Balaban J connectivity index is 1.79. The number of carbonyl (C=O) groups is 1. The molecule has 4 heteroatoms. The van der Waals surface area contributed by atoms with Crippen LogP contribution < -0.4 is 11.1 Å². The van der Waals surface area contributed by atoms with Gasteiger partial charge in [0.25, 0.3) is 0 Å². The minimum atomic E-state index is -0.0554. The van der Waals surface area contributed by atoms with Gasteiger partial charge in [-0.3, -0.25) is 9.69 Å². The normalized spacial score (nSPS) is 20.2. The van der Waals surface area contributed by atoms with Crippen LogP contribution in [0.15, 0.2) is 30.3 Å². The Kier molecular flexibility index (Phi) is 5.36. The van der Waals surface area contributed by atoms with E-state index >= 15 is 0 Å². The van der Waals surface area contributed by atoms with Gasteiger partial charge in [-0.25, -0.2) is 0 Å². The topological polar surface area (TPSA) is 58.4 Å². The Morgan fingerprint density at radius 1 is 1.37 bits per heavy atom. The zero-order valence-corrected chi connectivity index (χ0v) is 11.3. The van der Waals surface area contributed by atoms with Crippen LogP contribution in [0.1, 0.15) is 18.4 Å². The molecular formula is C15H23N3O. The number of nitrogens with two attached hydrogens (primary N) is 1. The highest BCUT2D eigenvalue weighted by atomic mass is 16.1. The molecule has 1 aliphatic rings. The summed E-state index contributed by atoms with van der Waals surface area (Å²) in [5.41, 5.74) is 6.65. The van der Waals surface area contributed by atoms with E-state index in [4.69, 9.17) is 5.73 Å². The molecule has 1 amide bonds. The lowest BCUT2D eigenvalue weighted by molar-refractivity contribution is -0.120. The second-order valence-corrected chi connectivity index (χ2v) is 5.24. The summed E-state index contributed by atoms with van der Waals surface area (Å²) in [6.45, 7) is 4.04. The average Bonchev–Trinajstić information content (AvgIpc) is 2.46. The van der Waals surface area contributed by atoms with Gasteiger partial charge in [-0.1, -0.05) is 30.3 Å². The molecule has 0 aliphatic carbocycles. The Morgan fingerprint density at radius 2 is 2.16 bits per heavy atom. The number of carbonyl (C=O) groups excluding carboxylic acids is 1. The predicted octanol–water partition coefficient (Wildman–Crippen LogP) is 0.974. The minimum absolute atomic E-state index is 0.0554. The van der Waals surface area contributed by atoms with Gasteiger partial charge in [-0.15, -0.1) is 0 Å². The predicted molar refractivity (Wildman–Crippen MR) is 76.5 cm³/mol. The smallest absolute Gasteiger partial charge is 0.233 e. The molecule has 0 aromatic heterocycles. The van der Waals surface area contributed by atoms with E-state index < -0.39 is 0 Å². The first-order chi connectivity index (χ1) is 9.28. The van der Waals surface area contributed by atoms with Crippen LogP contribution in [0.5, 0.6) is 0 Å². The number of nitrogens with zero attached hydrogens (tertiary/aromatic N) is 1. The minimum Gasteiger partial charge on any atom is -0.355 e. The van der Waals surface area contributed by atoms with Gasteiger partial charge in [0.15, 0.2) is 0 Å². The molecule has 0 radical (unpaired) electrons. The molecule has 1 saturated heterocycles. The molecule has 3 N–H and O–H groups in total. The second-order valence-electron chi connectivity index (χ2n) is 5.24. The van der Waals surface area contributed by atoms with E-state index in [1.807, 2.05) is 6.07 Å². The first kappa shape index (κ1) is 14.0. The molecule has 104 valence electrons. The number of hydrogen-bond acceptors (Lipinski definition) is 3. The van der Waals surface area contributed by atoms with Crippen molar-refractivity contribution in [3.8, 4) is 0 Å². The molecule has 4 nitrogen and oxygen atoms in total. The summed E-state index contributed by atoms with van der Waals surface area (Å²) in [4.78, 5) is 13.6. The van der Waals surface area contributed by atoms with Gasteiger partial charge in [0, 0.05) is 19.6 Å². The molecule has 1 aromatic carbocycles. The third-order valence-corrected chi connectivity index (χ3v) is 3.63. The molecule has 2 rings (SSSR count). The Bertz CT molecular complexity index is 394. The summed E-state index contributed by atoms with van der Waals surface area (Å²) in [6, 6.07) is 10.5. The number of piperidine rings is 1. The standard InChI is InChI=1S/C15H23N3O/c16-9-15(19)17-10-14-7-4-8-18(12-14)11-13-5-2-1-3-6-13/h1-3,5-6,14H,4,7-12,16H2,(H,17,19)/t14-/m1/s1. The average molecular weight is 261 g/mol. The highest BCUT2D eigenvalue weighted by Gasteiger charge is 2.20. The van der Waals surface area contributed by atoms with Crippen LogP contribution in [0.4, 0.5) is 0 Å². The lowest BCUT2D eigenvalue weighted by Gasteiger charge is -2.32. The zero-order chi connectivity index (χ0) is 13.5. The van der Waals surface area contributed by atoms with Crippen LogP contribution in [0.25, 0.3) is 0 Å². The molecule has 0 spiro atoms. The van der Waals surface area contributed by atoms with Crippen LogP contribution in [-0.2, 0) is 11.3 Å². The van der Waals surface area contributed by atoms with Gasteiger partial charge in [-0.05, 0) is 30.9 Å². The van der Waals surface area contributed by atoms with E-state index in [2.05, 4.69) is 34.5 Å². The van der Waals surface area contributed by atoms with Gasteiger partial charge < -0.3 is 11.1 Å². The van der Waals surface area contributed by atoms with Crippen molar-refractivity contribution in [3.05, 3.63) is 35.9 Å². The SMILES string of the molecule is NCC(=O)NC[C@H]1CCCN(Cc2ccccc2)C1. The second kappa shape index (κ2) is 7.26. The van der Waals surface area contributed by atoms with Gasteiger partial charge in [0.2, 0.25) is 5.91 Å². The van der Waals surface area contributed by atoms with E-state index in [0.29, 0.717) is 5.92 Å². The van der Waals surface area contributed by atoms with Crippen LogP contribution in [0.2, 0.25) is 0 Å². The number of benzene rings is 1. The summed E-state index contributed by atoms with van der Waals surface area (Å²) in [6.07, 6.45) is 2.39.